The first-order valence-corrected chi connectivity index (χ1v) is 8.24. The van der Waals surface area contributed by atoms with E-state index in [0.29, 0.717) is 22.4 Å². The predicted octanol–water partition coefficient (Wildman–Crippen LogP) is 2.37. The number of rotatable bonds is 5. The van der Waals surface area contributed by atoms with Crippen molar-refractivity contribution in [2.75, 3.05) is 36.7 Å². The number of carbonyl (C=O) groups is 1. The lowest BCUT2D eigenvalue weighted by Gasteiger charge is -2.19. The summed E-state index contributed by atoms with van der Waals surface area (Å²) < 4.78 is 0. The van der Waals surface area contributed by atoms with Crippen molar-refractivity contribution in [2.45, 2.75) is 26.3 Å². The molecule has 7 heteroatoms. The van der Waals surface area contributed by atoms with Crippen molar-refractivity contribution in [1.82, 2.24) is 9.88 Å². The monoisotopic (exact) mass is 302 g/mol. The van der Waals surface area contributed by atoms with Gasteiger partial charge in [-0.15, -0.1) is 0 Å². The number of thiazole rings is 1. The molecule has 0 radical (unpaired) electrons. The smallest absolute Gasteiger partial charge is 0.267 e. The number of anilines is 2. The highest BCUT2D eigenvalue weighted by molar-refractivity contribution is 7.98. The Bertz CT molecular complexity index is 439. The van der Waals surface area contributed by atoms with Crippen LogP contribution < -0.4 is 11.1 Å². The van der Waals surface area contributed by atoms with Crippen molar-refractivity contribution < 1.29 is 4.79 Å². The van der Waals surface area contributed by atoms with Gasteiger partial charge >= 0.3 is 0 Å². The molecule has 1 rings (SSSR count). The zero-order valence-electron chi connectivity index (χ0n) is 12.1. The Morgan fingerprint density at radius 3 is 2.68 bits per heavy atom. The lowest BCUT2D eigenvalue weighted by molar-refractivity contribution is 0.0809. The average molecular weight is 302 g/mol. The maximum atomic E-state index is 12.2. The second kappa shape index (κ2) is 6.47. The number of carbonyl (C=O) groups excluding carboxylic acids is 1. The van der Waals surface area contributed by atoms with Crippen molar-refractivity contribution in [3.8, 4) is 0 Å². The highest BCUT2D eigenvalue weighted by Gasteiger charge is 2.21. The van der Waals surface area contributed by atoms with E-state index in [4.69, 9.17) is 5.73 Å². The molecule has 108 valence electrons. The van der Waals surface area contributed by atoms with Gasteiger partial charge in [0.2, 0.25) is 0 Å². The number of thioether (sulfide) groups is 1. The summed E-state index contributed by atoms with van der Waals surface area (Å²) in [5.41, 5.74) is 5.73. The summed E-state index contributed by atoms with van der Waals surface area (Å²) in [6.07, 6.45) is 2.02. The SMILES string of the molecule is CSCCN(C)C(=O)c1sc(NC(C)(C)C)nc1N. The standard InChI is InChI=1S/C12H22N4OS2/c1-12(2,3)15-11-14-9(13)8(19-11)10(17)16(4)6-7-18-5/h6-7,13H2,1-5H3,(H,14,15). The summed E-state index contributed by atoms with van der Waals surface area (Å²) in [5.74, 6) is 1.15. The Morgan fingerprint density at radius 1 is 1.53 bits per heavy atom. The molecule has 19 heavy (non-hydrogen) atoms. The molecule has 1 aromatic rings. The van der Waals surface area contributed by atoms with Crippen LogP contribution in [0.3, 0.4) is 0 Å². The van der Waals surface area contributed by atoms with Crippen LogP contribution in [-0.4, -0.2) is 46.9 Å². The third kappa shape index (κ3) is 4.91. The summed E-state index contributed by atoms with van der Waals surface area (Å²) in [7, 11) is 1.79. The quantitative estimate of drug-likeness (QED) is 0.874. The molecule has 0 spiro atoms. The number of hydrogen-bond acceptors (Lipinski definition) is 6. The molecular formula is C12H22N4OS2. The molecular weight excluding hydrogens is 280 g/mol. The van der Waals surface area contributed by atoms with E-state index >= 15 is 0 Å². The predicted molar refractivity (Wildman–Crippen MR) is 85.2 cm³/mol. The maximum absolute atomic E-state index is 12.2. The van der Waals surface area contributed by atoms with Crippen LogP contribution in [-0.2, 0) is 0 Å². The molecule has 0 atom stereocenters. The van der Waals surface area contributed by atoms with E-state index in [0.717, 1.165) is 5.75 Å². The fourth-order valence-electron chi connectivity index (χ4n) is 1.36. The van der Waals surface area contributed by atoms with E-state index in [2.05, 4.69) is 10.3 Å². The van der Waals surface area contributed by atoms with Crippen LogP contribution in [0.4, 0.5) is 10.9 Å². The largest absolute Gasteiger partial charge is 0.382 e. The van der Waals surface area contributed by atoms with E-state index in [1.807, 2.05) is 27.0 Å². The minimum atomic E-state index is -0.102. The van der Waals surface area contributed by atoms with Crippen LogP contribution in [0.15, 0.2) is 0 Å². The summed E-state index contributed by atoms with van der Waals surface area (Å²) in [6.45, 7) is 6.82. The number of amides is 1. The first-order valence-electron chi connectivity index (χ1n) is 6.03. The Balaban J connectivity index is 2.81. The summed E-state index contributed by atoms with van der Waals surface area (Å²) >= 11 is 3.02. The number of aromatic nitrogens is 1. The van der Waals surface area contributed by atoms with Gasteiger partial charge in [0.25, 0.3) is 5.91 Å². The van der Waals surface area contributed by atoms with Crippen LogP contribution in [0.5, 0.6) is 0 Å². The lowest BCUT2D eigenvalue weighted by Crippen LogP contribution is -2.28. The van der Waals surface area contributed by atoms with Crippen molar-refractivity contribution >= 4 is 40.0 Å². The highest BCUT2D eigenvalue weighted by Crippen LogP contribution is 2.28. The first-order chi connectivity index (χ1) is 8.74. The van der Waals surface area contributed by atoms with Gasteiger partial charge < -0.3 is 16.0 Å². The lowest BCUT2D eigenvalue weighted by atomic mass is 10.1. The zero-order chi connectivity index (χ0) is 14.6. The maximum Gasteiger partial charge on any atom is 0.267 e. The van der Waals surface area contributed by atoms with Gasteiger partial charge in [0, 0.05) is 24.9 Å². The van der Waals surface area contributed by atoms with E-state index in [1.165, 1.54) is 11.3 Å². The van der Waals surface area contributed by atoms with E-state index in [1.54, 1.807) is 23.7 Å². The van der Waals surface area contributed by atoms with E-state index in [9.17, 15) is 4.79 Å². The number of nitrogens with one attached hydrogen (secondary N) is 1. The fraction of sp³-hybridized carbons (Fsp3) is 0.667. The molecule has 0 aliphatic rings. The molecule has 0 saturated heterocycles. The van der Waals surface area contributed by atoms with Crippen LogP contribution in [0.25, 0.3) is 0 Å². The molecule has 5 nitrogen and oxygen atoms in total. The fourth-order valence-corrected chi connectivity index (χ4v) is 2.91. The van der Waals surface area contributed by atoms with Gasteiger partial charge in [-0.25, -0.2) is 4.98 Å². The number of nitrogen functional groups attached to an aromatic ring is 1. The topological polar surface area (TPSA) is 71.2 Å². The normalized spacial score (nSPS) is 11.4. The molecule has 0 saturated carbocycles. The molecule has 0 aliphatic carbocycles. The van der Waals surface area contributed by atoms with Crippen molar-refractivity contribution in [3.63, 3.8) is 0 Å². The molecule has 1 amide bonds. The highest BCUT2D eigenvalue weighted by atomic mass is 32.2. The number of hydrogen-bond donors (Lipinski definition) is 2. The zero-order valence-corrected chi connectivity index (χ0v) is 13.7. The van der Waals surface area contributed by atoms with Crippen LogP contribution in [0.2, 0.25) is 0 Å². The summed E-state index contributed by atoms with van der Waals surface area (Å²) in [4.78, 5) is 18.6. The summed E-state index contributed by atoms with van der Waals surface area (Å²) in [5, 5.41) is 3.92. The Morgan fingerprint density at radius 2 is 2.16 bits per heavy atom. The van der Waals surface area contributed by atoms with Gasteiger partial charge in [-0.05, 0) is 27.0 Å². The first kappa shape index (κ1) is 16.1. The number of nitrogens with zero attached hydrogens (tertiary/aromatic N) is 2. The van der Waals surface area contributed by atoms with E-state index < -0.39 is 0 Å². The van der Waals surface area contributed by atoms with Crippen molar-refractivity contribution in [2.24, 2.45) is 0 Å². The Kier molecular flexibility index (Phi) is 5.49. The molecule has 0 aromatic carbocycles. The third-order valence-corrected chi connectivity index (χ3v) is 3.87. The average Bonchev–Trinajstić information content (AvgIpc) is 2.63. The van der Waals surface area contributed by atoms with Gasteiger partial charge in [-0.3, -0.25) is 4.79 Å². The van der Waals surface area contributed by atoms with Crippen LogP contribution in [0.1, 0.15) is 30.4 Å². The van der Waals surface area contributed by atoms with Gasteiger partial charge in [0.05, 0.1) is 0 Å². The molecule has 3 N–H and O–H groups in total. The minimum absolute atomic E-state index is 0.0639. The minimum Gasteiger partial charge on any atom is -0.382 e. The Hall–Kier alpha value is -0.950. The van der Waals surface area contributed by atoms with Gasteiger partial charge in [-0.1, -0.05) is 11.3 Å². The molecule has 0 aliphatic heterocycles. The summed E-state index contributed by atoms with van der Waals surface area (Å²) in [6, 6.07) is 0. The second-order valence-corrected chi connectivity index (χ2v) is 7.31. The third-order valence-electron chi connectivity index (χ3n) is 2.31. The molecule has 0 bridgehead atoms. The molecule has 1 heterocycles. The van der Waals surface area contributed by atoms with Crippen LogP contribution in [0, 0.1) is 0 Å². The van der Waals surface area contributed by atoms with E-state index in [-0.39, 0.29) is 11.4 Å². The van der Waals surface area contributed by atoms with Gasteiger partial charge in [0.15, 0.2) is 5.13 Å². The molecule has 0 unspecified atom stereocenters. The van der Waals surface area contributed by atoms with Gasteiger partial charge in [0.1, 0.15) is 10.7 Å². The number of nitrogens with two attached hydrogens (primary N) is 1. The van der Waals surface area contributed by atoms with Crippen LogP contribution >= 0.6 is 23.1 Å². The van der Waals surface area contributed by atoms with Crippen molar-refractivity contribution in [1.29, 1.82) is 0 Å². The van der Waals surface area contributed by atoms with Gasteiger partial charge in [-0.2, -0.15) is 11.8 Å². The van der Waals surface area contributed by atoms with Crippen molar-refractivity contribution in [3.05, 3.63) is 4.88 Å². The molecule has 0 fully saturated rings. The molecule has 1 aromatic heterocycles. The second-order valence-electron chi connectivity index (χ2n) is 5.33. The Labute approximate surface area is 123 Å².